The van der Waals surface area contributed by atoms with E-state index in [9.17, 15) is 10.1 Å². The van der Waals surface area contributed by atoms with Gasteiger partial charge in [-0.3, -0.25) is 20.4 Å². The third-order valence-electron chi connectivity index (χ3n) is 2.20. The van der Waals surface area contributed by atoms with Gasteiger partial charge in [-0.25, -0.2) is 4.98 Å². The van der Waals surface area contributed by atoms with E-state index in [1.165, 1.54) is 6.07 Å². The second-order valence-corrected chi connectivity index (χ2v) is 3.36. The Balaban J connectivity index is 2.12. The fourth-order valence-electron chi connectivity index (χ4n) is 1.40. The SMILES string of the molecule is O=[N+]([O-])c1ccc[nH+]c1NCc1ccccn1. The number of hydrogen-bond acceptors (Lipinski definition) is 4. The van der Waals surface area contributed by atoms with Crippen molar-refractivity contribution in [3.63, 3.8) is 0 Å². The van der Waals surface area contributed by atoms with Crippen molar-refractivity contribution in [2.24, 2.45) is 0 Å². The highest BCUT2D eigenvalue weighted by atomic mass is 16.6. The molecule has 0 saturated carbocycles. The quantitative estimate of drug-likeness (QED) is 0.637. The Bertz CT molecular complexity index is 516. The maximum absolute atomic E-state index is 10.8. The molecule has 0 radical (unpaired) electrons. The van der Waals surface area contributed by atoms with Crippen LogP contribution in [0.5, 0.6) is 0 Å². The van der Waals surface area contributed by atoms with Crippen LogP contribution in [0.3, 0.4) is 0 Å². The van der Waals surface area contributed by atoms with Crippen molar-refractivity contribution < 1.29 is 9.91 Å². The van der Waals surface area contributed by atoms with Crippen LogP contribution in [-0.2, 0) is 6.54 Å². The summed E-state index contributed by atoms with van der Waals surface area (Å²) < 4.78 is 0. The lowest BCUT2D eigenvalue weighted by Crippen LogP contribution is -2.15. The first-order chi connectivity index (χ1) is 8.27. The molecule has 0 atom stereocenters. The van der Waals surface area contributed by atoms with Crippen molar-refractivity contribution in [3.8, 4) is 0 Å². The maximum atomic E-state index is 10.8. The largest absolute Gasteiger partial charge is 0.357 e. The topological polar surface area (TPSA) is 82.2 Å². The van der Waals surface area contributed by atoms with Gasteiger partial charge in [0, 0.05) is 12.3 Å². The molecular weight excluding hydrogens is 220 g/mol. The van der Waals surface area contributed by atoms with E-state index in [1.54, 1.807) is 18.5 Å². The molecule has 0 bridgehead atoms. The minimum atomic E-state index is -0.433. The Morgan fingerprint density at radius 2 is 2.24 bits per heavy atom. The van der Waals surface area contributed by atoms with Crippen LogP contribution >= 0.6 is 0 Å². The number of nitrogens with zero attached hydrogens (tertiary/aromatic N) is 2. The Hall–Kier alpha value is -2.50. The molecule has 0 spiro atoms. The number of aromatic nitrogens is 2. The lowest BCUT2D eigenvalue weighted by atomic mass is 10.3. The van der Waals surface area contributed by atoms with E-state index in [1.807, 2.05) is 18.2 Å². The van der Waals surface area contributed by atoms with Crippen LogP contribution in [0.25, 0.3) is 0 Å². The van der Waals surface area contributed by atoms with Gasteiger partial charge in [-0.2, -0.15) is 0 Å². The fourth-order valence-corrected chi connectivity index (χ4v) is 1.40. The van der Waals surface area contributed by atoms with Gasteiger partial charge in [0.2, 0.25) is 0 Å². The first kappa shape index (κ1) is 11.0. The number of aromatic amines is 1. The molecule has 2 N–H and O–H groups in total. The summed E-state index contributed by atoms with van der Waals surface area (Å²) in [5.41, 5.74) is 0.836. The summed E-state index contributed by atoms with van der Waals surface area (Å²) >= 11 is 0. The van der Waals surface area contributed by atoms with Gasteiger partial charge in [-0.05, 0) is 18.2 Å². The zero-order valence-corrected chi connectivity index (χ0v) is 8.96. The smallest absolute Gasteiger partial charge is 0.263 e. The molecule has 17 heavy (non-hydrogen) atoms. The van der Waals surface area contributed by atoms with Gasteiger partial charge < -0.3 is 0 Å². The summed E-state index contributed by atoms with van der Waals surface area (Å²) in [6.45, 7) is 0.433. The van der Waals surface area contributed by atoms with Crippen LogP contribution in [0.4, 0.5) is 11.5 Å². The van der Waals surface area contributed by atoms with Gasteiger partial charge in [-0.15, -0.1) is 0 Å². The van der Waals surface area contributed by atoms with Gasteiger partial charge in [0.05, 0.1) is 16.8 Å². The highest BCUT2D eigenvalue weighted by Crippen LogP contribution is 2.17. The van der Waals surface area contributed by atoms with Crippen molar-refractivity contribution in [2.45, 2.75) is 6.54 Å². The van der Waals surface area contributed by atoms with Gasteiger partial charge in [0.1, 0.15) is 6.54 Å². The molecular formula is C11H11N4O2+. The van der Waals surface area contributed by atoms with Gasteiger partial charge >= 0.3 is 11.5 Å². The zero-order chi connectivity index (χ0) is 12.1. The molecule has 0 aliphatic carbocycles. The number of nitrogens with one attached hydrogen (secondary N) is 2. The molecule has 0 unspecified atom stereocenters. The molecule has 0 amide bonds. The van der Waals surface area contributed by atoms with E-state index in [0.29, 0.717) is 12.4 Å². The van der Waals surface area contributed by atoms with Crippen LogP contribution in [-0.4, -0.2) is 9.91 Å². The first-order valence-corrected chi connectivity index (χ1v) is 5.06. The van der Waals surface area contributed by atoms with Gasteiger partial charge in [-0.1, -0.05) is 6.07 Å². The number of H-pyrrole nitrogens is 1. The van der Waals surface area contributed by atoms with Crippen molar-refractivity contribution >= 4 is 11.5 Å². The number of pyridine rings is 2. The number of anilines is 1. The molecule has 2 heterocycles. The molecule has 6 heteroatoms. The Kier molecular flexibility index (Phi) is 3.25. The molecule has 86 valence electrons. The van der Waals surface area contributed by atoms with Crippen molar-refractivity contribution in [1.82, 2.24) is 4.98 Å². The second kappa shape index (κ2) is 5.02. The monoisotopic (exact) mass is 231 g/mol. The number of nitro groups is 1. The van der Waals surface area contributed by atoms with Crippen molar-refractivity contribution in [3.05, 3.63) is 58.5 Å². The molecule has 2 aromatic heterocycles. The van der Waals surface area contributed by atoms with Gasteiger partial charge in [0.15, 0.2) is 0 Å². The molecule has 6 nitrogen and oxygen atoms in total. The Labute approximate surface area is 97.5 Å². The lowest BCUT2D eigenvalue weighted by Gasteiger charge is -1.99. The third-order valence-corrected chi connectivity index (χ3v) is 2.20. The van der Waals surface area contributed by atoms with Gasteiger partial charge in [0.25, 0.3) is 0 Å². The highest BCUT2D eigenvalue weighted by molar-refractivity contribution is 5.50. The minimum Gasteiger partial charge on any atom is -0.263 e. The normalized spacial score (nSPS) is 9.88. The number of rotatable bonds is 4. The average molecular weight is 231 g/mol. The molecule has 0 aliphatic rings. The van der Waals surface area contributed by atoms with E-state index >= 15 is 0 Å². The summed E-state index contributed by atoms with van der Waals surface area (Å²) in [6.07, 6.45) is 3.31. The Morgan fingerprint density at radius 3 is 2.94 bits per heavy atom. The third kappa shape index (κ3) is 2.75. The van der Waals surface area contributed by atoms with E-state index < -0.39 is 4.92 Å². The van der Waals surface area contributed by atoms with E-state index in [4.69, 9.17) is 0 Å². The summed E-state index contributed by atoms with van der Waals surface area (Å²) in [6, 6.07) is 8.57. The predicted molar refractivity (Wildman–Crippen MR) is 61.2 cm³/mol. The molecule has 0 saturated heterocycles. The number of hydrogen-bond donors (Lipinski definition) is 1. The van der Waals surface area contributed by atoms with Crippen LogP contribution in [0, 0.1) is 10.1 Å². The predicted octanol–water partition coefficient (Wildman–Crippen LogP) is 1.42. The summed E-state index contributed by atoms with van der Waals surface area (Å²) in [4.78, 5) is 17.3. The standard InChI is InChI=1S/C11H10N4O2/c16-15(17)10-5-3-7-13-11(10)14-8-9-4-1-2-6-12-9/h1-7H,8H2,(H,13,14)/p+1. The summed E-state index contributed by atoms with van der Waals surface area (Å²) in [5.74, 6) is 0.378. The van der Waals surface area contributed by atoms with Crippen molar-refractivity contribution in [1.29, 1.82) is 0 Å². The average Bonchev–Trinajstić information content (AvgIpc) is 2.38. The molecule has 2 aromatic rings. The maximum Gasteiger partial charge on any atom is 0.357 e. The molecule has 0 fully saturated rings. The van der Waals surface area contributed by atoms with E-state index in [0.717, 1.165) is 5.69 Å². The van der Waals surface area contributed by atoms with Crippen LogP contribution in [0.1, 0.15) is 5.69 Å². The molecule has 0 aromatic carbocycles. The first-order valence-electron chi connectivity index (χ1n) is 5.06. The zero-order valence-electron chi connectivity index (χ0n) is 8.96. The molecule has 0 aliphatic heterocycles. The second-order valence-electron chi connectivity index (χ2n) is 3.36. The van der Waals surface area contributed by atoms with Crippen LogP contribution < -0.4 is 10.3 Å². The van der Waals surface area contributed by atoms with Crippen LogP contribution in [0.15, 0.2) is 42.7 Å². The Morgan fingerprint density at radius 1 is 1.35 bits per heavy atom. The van der Waals surface area contributed by atoms with Crippen molar-refractivity contribution in [2.75, 3.05) is 5.32 Å². The summed E-state index contributed by atoms with van der Waals surface area (Å²) in [7, 11) is 0. The lowest BCUT2D eigenvalue weighted by molar-refractivity contribution is -0.409. The van der Waals surface area contributed by atoms with E-state index in [-0.39, 0.29) is 5.69 Å². The summed E-state index contributed by atoms with van der Waals surface area (Å²) in [5, 5.41) is 13.7. The highest BCUT2D eigenvalue weighted by Gasteiger charge is 2.19. The fraction of sp³-hybridized carbons (Fsp3) is 0.0909. The van der Waals surface area contributed by atoms with E-state index in [2.05, 4.69) is 15.3 Å². The molecule has 2 rings (SSSR count). The minimum absolute atomic E-state index is 0.0171. The van der Waals surface area contributed by atoms with Crippen LogP contribution in [0.2, 0.25) is 0 Å².